The minimum absolute atomic E-state index is 0.341. The lowest BCUT2D eigenvalue weighted by Gasteiger charge is -2.06. The average Bonchev–Trinajstić information content (AvgIpc) is 2.35. The Morgan fingerprint density at radius 1 is 1.06 bits per heavy atom. The first-order chi connectivity index (χ1) is 8.58. The fraction of sp³-hybridized carbons (Fsp3) is 0. The second-order valence-electron chi connectivity index (χ2n) is 3.68. The van der Waals surface area contributed by atoms with Crippen LogP contribution in [0.5, 0.6) is 0 Å². The van der Waals surface area contributed by atoms with Gasteiger partial charge in [0.1, 0.15) is 0 Å². The zero-order valence-corrected chi connectivity index (χ0v) is 9.28. The number of anilines is 2. The molecule has 0 bridgehead atoms. The molecule has 1 amide bonds. The smallest absolute Gasteiger partial charge is 0.258 e. The molecule has 0 aliphatic heterocycles. The molecule has 0 aliphatic rings. The number of halogens is 2. The lowest BCUT2D eigenvalue weighted by Crippen LogP contribution is -2.14. The van der Waals surface area contributed by atoms with Crippen LogP contribution in [0.15, 0.2) is 42.5 Å². The number of nitrogen functional groups attached to an aromatic ring is 1. The number of nitrogens with one attached hydrogen (secondary N) is 1. The van der Waals surface area contributed by atoms with Gasteiger partial charge in [-0.1, -0.05) is 6.07 Å². The van der Waals surface area contributed by atoms with Crippen molar-refractivity contribution in [2.45, 2.75) is 0 Å². The summed E-state index contributed by atoms with van der Waals surface area (Å²) in [6.07, 6.45) is 0. The first kappa shape index (κ1) is 12.0. The molecule has 0 radical (unpaired) electrons. The van der Waals surface area contributed by atoms with Gasteiger partial charge < -0.3 is 11.1 Å². The number of rotatable bonds is 2. The Morgan fingerprint density at radius 2 is 1.72 bits per heavy atom. The number of hydrogen-bond donors (Lipinski definition) is 2. The minimum Gasteiger partial charge on any atom is -0.399 e. The van der Waals surface area contributed by atoms with Gasteiger partial charge in [0, 0.05) is 11.4 Å². The van der Waals surface area contributed by atoms with Crippen molar-refractivity contribution in [3.8, 4) is 0 Å². The quantitative estimate of drug-likeness (QED) is 0.803. The SMILES string of the molecule is Nc1ccc(NC(=O)c2cccc(F)c2F)cc1. The molecule has 3 N–H and O–H groups in total. The van der Waals surface area contributed by atoms with Crippen molar-refractivity contribution in [1.82, 2.24) is 0 Å². The van der Waals surface area contributed by atoms with E-state index >= 15 is 0 Å². The van der Waals surface area contributed by atoms with Crippen LogP contribution in [0.25, 0.3) is 0 Å². The number of carbonyl (C=O) groups excluding carboxylic acids is 1. The molecular weight excluding hydrogens is 238 g/mol. The van der Waals surface area contributed by atoms with Gasteiger partial charge in [-0.2, -0.15) is 0 Å². The molecule has 0 unspecified atom stereocenters. The predicted octanol–water partition coefficient (Wildman–Crippen LogP) is 2.80. The Morgan fingerprint density at radius 3 is 2.39 bits per heavy atom. The summed E-state index contributed by atoms with van der Waals surface area (Å²) in [6.45, 7) is 0. The van der Waals surface area contributed by atoms with Crippen LogP contribution in [0.4, 0.5) is 20.2 Å². The summed E-state index contributed by atoms with van der Waals surface area (Å²) in [5.74, 6) is -2.93. The van der Waals surface area contributed by atoms with Crippen molar-refractivity contribution in [2.75, 3.05) is 11.1 Å². The molecule has 5 heteroatoms. The first-order valence-electron chi connectivity index (χ1n) is 5.19. The van der Waals surface area contributed by atoms with Crippen LogP contribution in [-0.4, -0.2) is 5.91 Å². The molecule has 18 heavy (non-hydrogen) atoms. The highest BCUT2D eigenvalue weighted by atomic mass is 19.2. The molecule has 0 aromatic heterocycles. The number of benzene rings is 2. The van der Waals surface area contributed by atoms with E-state index in [0.717, 1.165) is 6.07 Å². The predicted molar refractivity (Wildman–Crippen MR) is 65.2 cm³/mol. The molecule has 0 heterocycles. The third-order valence-corrected chi connectivity index (χ3v) is 2.36. The molecule has 3 nitrogen and oxygen atoms in total. The zero-order chi connectivity index (χ0) is 13.1. The van der Waals surface area contributed by atoms with E-state index < -0.39 is 17.5 Å². The summed E-state index contributed by atoms with van der Waals surface area (Å²) >= 11 is 0. The van der Waals surface area contributed by atoms with Gasteiger partial charge in [-0.25, -0.2) is 8.78 Å². The number of amides is 1. The van der Waals surface area contributed by atoms with Crippen LogP contribution in [0.1, 0.15) is 10.4 Å². The van der Waals surface area contributed by atoms with E-state index in [0.29, 0.717) is 11.4 Å². The topological polar surface area (TPSA) is 55.1 Å². The Kier molecular flexibility index (Phi) is 3.23. The fourth-order valence-electron chi connectivity index (χ4n) is 1.44. The van der Waals surface area contributed by atoms with E-state index in [1.807, 2.05) is 0 Å². The number of hydrogen-bond acceptors (Lipinski definition) is 2. The Labute approximate surface area is 102 Å². The number of carbonyl (C=O) groups is 1. The maximum atomic E-state index is 13.4. The largest absolute Gasteiger partial charge is 0.399 e. The molecular formula is C13H10F2N2O. The van der Waals surface area contributed by atoms with Gasteiger partial charge in [0.05, 0.1) is 5.56 Å². The van der Waals surface area contributed by atoms with Crippen molar-refractivity contribution in [2.24, 2.45) is 0 Å². The maximum absolute atomic E-state index is 13.4. The summed E-state index contributed by atoms with van der Waals surface area (Å²) in [5, 5.41) is 2.45. The van der Waals surface area contributed by atoms with E-state index in [9.17, 15) is 13.6 Å². The van der Waals surface area contributed by atoms with Gasteiger partial charge in [0.2, 0.25) is 0 Å². The molecule has 0 aliphatic carbocycles. The Hall–Kier alpha value is -2.43. The normalized spacial score (nSPS) is 10.1. The van der Waals surface area contributed by atoms with E-state index in [1.54, 1.807) is 24.3 Å². The maximum Gasteiger partial charge on any atom is 0.258 e. The Balaban J connectivity index is 2.22. The minimum atomic E-state index is -1.16. The van der Waals surface area contributed by atoms with Crippen LogP contribution in [0, 0.1) is 11.6 Å². The van der Waals surface area contributed by atoms with E-state index in [2.05, 4.69) is 5.32 Å². The van der Waals surface area contributed by atoms with Gasteiger partial charge in [-0.3, -0.25) is 4.79 Å². The second kappa shape index (κ2) is 4.83. The molecule has 2 rings (SSSR count). The zero-order valence-electron chi connectivity index (χ0n) is 9.28. The van der Waals surface area contributed by atoms with Crippen molar-refractivity contribution in [3.63, 3.8) is 0 Å². The summed E-state index contributed by atoms with van der Waals surface area (Å²) in [7, 11) is 0. The van der Waals surface area contributed by atoms with Gasteiger partial charge in [-0.15, -0.1) is 0 Å². The van der Waals surface area contributed by atoms with E-state index in [-0.39, 0.29) is 5.56 Å². The molecule has 0 spiro atoms. The second-order valence-corrected chi connectivity index (χ2v) is 3.68. The summed E-state index contributed by atoms with van der Waals surface area (Å²) < 4.78 is 26.3. The van der Waals surface area contributed by atoms with Crippen LogP contribution in [-0.2, 0) is 0 Å². The molecule has 2 aromatic carbocycles. The highest BCUT2D eigenvalue weighted by molar-refractivity contribution is 6.04. The molecule has 0 atom stereocenters. The van der Waals surface area contributed by atoms with E-state index in [1.165, 1.54) is 12.1 Å². The molecule has 0 saturated carbocycles. The van der Waals surface area contributed by atoms with Crippen molar-refractivity contribution < 1.29 is 13.6 Å². The van der Waals surface area contributed by atoms with Gasteiger partial charge in [-0.05, 0) is 36.4 Å². The monoisotopic (exact) mass is 248 g/mol. The van der Waals surface area contributed by atoms with Gasteiger partial charge >= 0.3 is 0 Å². The van der Waals surface area contributed by atoms with Crippen molar-refractivity contribution >= 4 is 17.3 Å². The number of nitrogens with two attached hydrogens (primary N) is 1. The highest BCUT2D eigenvalue weighted by Gasteiger charge is 2.14. The summed E-state index contributed by atoms with van der Waals surface area (Å²) in [6, 6.07) is 9.78. The van der Waals surface area contributed by atoms with Crippen LogP contribution in [0.3, 0.4) is 0 Å². The van der Waals surface area contributed by atoms with Crippen LogP contribution < -0.4 is 11.1 Å². The van der Waals surface area contributed by atoms with Crippen molar-refractivity contribution in [3.05, 3.63) is 59.7 Å². The highest BCUT2D eigenvalue weighted by Crippen LogP contribution is 2.15. The summed E-state index contributed by atoms with van der Waals surface area (Å²) in [4.78, 5) is 11.7. The molecule has 0 fully saturated rings. The lowest BCUT2D eigenvalue weighted by atomic mass is 10.2. The average molecular weight is 248 g/mol. The molecule has 92 valence electrons. The third-order valence-electron chi connectivity index (χ3n) is 2.36. The molecule has 2 aromatic rings. The summed E-state index contributed by atoms with van der Waals surface area (Å²) in [5.41, 5.74) is 6.15. The van der Waals surface area contributed by atoms with Gasteiger partial charge in [0.25, 0.3) is 5.91 Å². The molecule has 0 saturated heterocycles. The fourth-order valence-corrected chi connectivity index (χ4v) is 1.44. The lowest BCUT2D eigenvalue weighted by molar-refractivity contribution is 0.102. The third kappa shape index (κ3) is 2.45. The van der Waals surface area contributed by atoms with Crippen LogP contribution >= 0.6 is 0 Å². The van der Waals surface area contributed by atoms with Crippen LogP contribution in [0.2, 0.25) is 0 Å². The van der Waals surface area contributed by atoms with Crippen molar-refractivity contribution in [1.29, 1.82) is 0 Å². The standard InChI is InChI=1S/C13H10F2N2O/c14-11-3-1-2-10(12(11)15)13(18)17-9-6-4-8(16)5-7-9/h1-7H,16H2,(H,17,18). The van der Waals surface area contributed by atoms with Gasteiger partial charge in [0.15, 0.2) is 11.6 Å². The first-order valence-corrected chi connectivity index (χ1v) is 5.19. The Bertz CT molecular complexity index is 582. The van der Waals surface area contributed by atoms with E-state index in [4.69, 9.17) is 5.73 Å².